The Hall–Kier alpha value is -0.0800. The van der Waals surface area contributed by atoms with Gasteiger partial charge in [-0.1, -0.05) is 20.8 Å². The Bertz CT molecular complexity index is 211. The Kier molecular flexibility index (Phi) is 3.91. The van der Waals surface area contributed by atoms with Crippen molar-refractivity contribution < 1.29 is 4.74 Å². The minimum Gasteiger partial charge on any atom is -0.375 e. The third-order valence-electron chi connectivity index (χ3n) is 4.26. The molecule has 0 aromatic rings. The summed E-state index contributed by atoms with van der Waals surface area (Å²) in [5, 5.41) is 3.48. The van der Waals surface area contributed by atoms with Crippen molar-refractivity contribution >= 4 is 0 Å². The molecule has 0 bridgehead atoms. The Balaban J connectivity index is 1.62. The average Bonchev–Trinajstić information content (AvgIpc) is 2.17. The second-order valence-electron chi connectivity index (χ2n) is 6.35. The second-order valence-corrected chi connectivity index (χ2v) is 6.35. The van der Waals surface area contributed by atoms with E-state index in [4.69, 9.17) is 4.74 Å². The highest BCUT2D eigenvalue weighted by Crippen LogP contribution is 2.38. The summed E-state index contributed by atoms with van der Waals surface area (Å²) in [6, 6.07) is 0.732. The Morgan fingerprint density at radius 3 is 2.31 bits per heavy atom. The highest BCUT2D eigenvalue weighted by molar-refractivity contribution is 4.87. The van der Waals surface area contributed by atoms with Crippen LogP contribution in [-0.4, -0.2) is 24.8 Å². The summed E-state index contributed by atoms with van der Waals surface area (Å²) in [6.45, 7) is 8.04. The molecule has 2 fully saturated rings. The molecule has 0 atom stereocenters. The predicted molar refractivity (Wildman–Crippen MR) is 67.6 cm³/mol. The van der Waals surface area contributed by atoms with Gasteiger partial charge in [-0.05, 0) is 50.5 Å². The molecule has 2 heteroatoms. The van der Waals surface area contributed by atoms with Crippen LogP contribution in [-0.2, 0) is 4.74 Å². The maximum absolute atomic E-state index is 6.16. The van der Waals surface area contributed by atoms with Gasteiger partial charge in [-0.15, -0.1) is 0 Å². The highest BCUT2D eigenvalue weighted by Gasteiger charge is 2.33. The van der Waals surface area contributed by atoms with Gasteiger partial charge < -0.3 is 10.1 Å². The van der Waals surface area contributed by atoms with Crippen LogP contribution < -0.4 is 5.32 Å². The van der Waals surface area contributed by atoms with Crippen LogP contribution in [0.3, 0.4) is 0 Å². The van der Waals surface area contributed by atoms with Gasteiger partial charge in [0, 0.05) is 6.04 Å². The van der Waals surface area contributed by atoms with Gasteiger partial charge in [0.25, 0.3) is 0 Å². The Labute approximate surface area is 100 Å². The van der Waals surface area contributed by atoms with Crippen LogP contribution in [0.15, 0.2) is 0 Å². The largest absolute Gasteiger partial charge is 0.375 e. The topological polar surface area (TPSA) is 21.3 Å². The van der Waals surface area contributed by atoms with Gasteiger partial charge in [-0.2, -0.15) is 0 Å². The normalized spacial score (nSPS) is 34.7. The van der Waals surface area contributed by atoms with Gasteiger partial charge >= 0.3 is 0 Å². The van der Waals surface area contributed by atoms with Crippen LogP contribution >= 0.6 is 0 Å². The molecule has 2 aliphatic carbocycles. The molecule has 0 unspecified atom stereocenters. The van der Waals surface area contributed by atoms with Crippen molar-refractivity contribution in [3.05, 3.63) is 0 Å². The first-order chi connectivity index (χ1) is 7.59. The van der Waals surface area contributed by atoms with E-state index in [1.165, 1.54) is 38.5 Å². The highest BCUT2D eigenvalue weighted by atomic mass is 16.5. The fraction of sp³-hybridized carbons (Fsp3) is 1.00. The minimum atomic E-state index is 0.551. The summed E-state index contributed by atoms with van der Waals surface area (Å²) in [5.74, 6) is 0. The molecule has 0 aromatic heterocycles. The van der Waals surface area contributed by atoms with Gasteiger partial charge in [0.05, 0.1) is 12.2 Å². The van der Waals surface area contributed by atoms with Crippen LogP contribution in [0.25, 0.3) is 0 Å². The van der Waals surface area contributed by atoms with Gasteiger partial charge in [0.2, 0.25) is 0 Å². The summed E-state index contributed by atoms with van der Waals surface area (Å²) >= 11 is 0. The molecule has 16 heavy (non-hydrogen) atoms. The first-order valence-corrected chi connectivity index (χ1v) is 6.98. The molecule has 0 saturated heterocycles. The first-order valence-electron chi connectivity index (χ1n) is 6.98. The minimum absolute atomic E-state index is 0.551. The molecule has 2 saturated carbocycles. The third-order valence-corrected chi connectivity index (χ3v) is 4.26. The monoisotopic (exact) mass is 225 g/mol. The van der Waals surface area contributed by atoms with Crippen LogP contribution in [0.1, 0.15) is 59.3 Å². The fourth-order valence-electron chi connectivity index (χ4n) is 2.91. The molecule has 2 rings (SSSR count). The lowest BCUT2D eigenvalue weighted by Crippen LogP contribution is -2.47. The number of nitrogens with one attached hydrogen (secondary N) is 1. The van der Waals surface area contributed by atoms with Crippen LogP contribution in [0.5, 0.6) is 0 Å². The van der Waals surface area contributed by atoms with Crippen LogP contribution in [0.2, 0.25) is 0 Å². The van der Waals surface area contributed by atoms with Crippen molar-refractivity contribution in [3.8, 4) is 0 Å². The lowest BCUT2D eigenvalue weighted by Gasteiger charge is -2.41. The maximum atomic E-state index is 6.16. The molecule has 2 aliphatic rings. The van der Waals surface area contributed by atoms with E-state index in [1.54, 1.807) is 0 Å². The molecular weight excluding hydrogens is 198 g/mol. The van der Waals surface area contributed by atoms with Crippen LogP contribution in [0.4, 0.5) is 0 Å². The SMILES string of the molecule is CCNC1CC(OC2CCC(C)(C)CC2)C1. The van der Waals surface area contributed by atoms with E-state index in [1.807, 2.05) is 0 Å². The summed E-state index contributed by atoms with van der Waals surface area (Å²) in [4.78, 5) is 0. The van der Waals surface area contributed by atoms with Gasteiger partial charge in [0.15, 0.2) is 0 Å². The van der Waals surface area contributed by atoms with Crippen molar-refractivity contribution in [2.45, 2.75) is 77.5 Å². The second kappa shape index (κ2) is 5.05. The molecule has 0 aliphatic heterocycles. The molecular formula is C14H27NO. The van der Waals surface area contributed by atoms with E-state index in [9.17, 15) is 0 Å². The van der Waals surface area contributed by atoms with Crippen molar-refractivity contribution in [1.82, 2.24) is 5.32 Å². The van der Waals surface area contributed by atoms with E-state index < -0.39 is 0 Å². The summed E-state index contributed by atoms with van der Waals surface area (Å²) in [5.41, 5.74) is 0.561. The maximum Gasteiger partial charge on any atom is 0.0608 e. The summed E-state index contributed by atoms with van der Waals surface area (Å²) < 4.78 is 6.16. The molecule has 0 radical (unpaired) electrons. The molecule has 0 amide bonds. The zero-order valence-corrected chi connectivity index (χ0v) is 11.1. The fourth-order valence-corrected chi connectivity index (χ4v) is 2.91. The Morgan fingerprint density at radius 1 is 1.12 bits per heavy atom. The molecule has 0 spiro atoms. The number of hydrogen-bond donors (Lipinski definition) is 1. The van der Waals surface area contributed by atoms with E-state index in [0.29, 0.717) is 17.6 Å². The van der Waals surface area contributed by atoms with Gasteiger partial charge in [-0.3, -0.25) is 0 Å². The average molecular weight is 225 g/mol. The molecule has 0 aromatic carbocycles. The van der Waals surface area contributed by atoms with E-state index >= 15 is 0 Å². The van der Waals surface area contributed by atoms with E-state index in [-0.39, 0.29) is 0 Å². The Morgan fingerprint density at radius 2 is 1.75 bits per heavy atom. The van der Waals surface area contributed by atoms with E-state index in [0.717, 1.165) is 12.6 Å². The quantitative estimate of drug-likeness (QED) is 0.794. The molecule has 1 N–H and O–H groups in total. The zero-order valence-electron chi connectivity index (χ0n) is 11.1. The van der Waals surface area contributed by atoms with Gasteiger partial charge in [0.1, 0.15) is 0 Å². The molecule has 0 heterocycles. The van der Waals surface area contributed by atoms with Crippen molar-refractivity contribution in [2.75, 3.05) is 6.54 Å². The van der Waals surface area contributed by atoms with Crippen molar-refractivity contribution in [2.24, 2.45) is 5.41 Å². The van der Waals surface area contributed by atoms with Crippen molar-refractivity contribution in [1.29, 1.82) is 0 Å². The van der Waals surface area contributed by atoms with E-state index in [2.05, 4.69) is 26.1 Å². The third kappa shape index (κ3) is 3.21. The summed E-state index contributed by atoms with van der Waals surface area (Å²) in [7, 11) is 0. The smallest absolute Gasteiger partial charge is 0.0608 e. The standard InChI is InChI=1S/C14H27NO/c1-4-15-11-9-13(10-11)16-12-5-7-14(2,3)8-6-12/h11-13,15H,4-10H2,1-3H3. The number of hydrogen-bond acceptors (Lipinski definition) is 2. The van der Waals surface area contributed by atoms with Crippen molar-refractivity contribution in [3.63, 3.8) is 0 Å². The lowest BCUT2D eigenvalue weighted by molar-refractivity contribution is -0.0862. The molecule has 2 nitrogen and oxygen atoms in total. The predicted octanol–water partition coefficient (Wildman–Crippen LogP) is 3.11. The first kappa shape index (κ1) is 12.4. The zero-order chi connectivity index (χ0) is 11.6. The number of rotatable bonds is 4. The van der Waals surface area contributed by atoms with Gasteiger partial charge in [-0.25, -0.2) is 0 Å². The summed E-state index contributed by atoms with van der Waals surface area (Å²) in [6.07, 6.45) is 8.78. The number of ether oxygens (including phenoxy) is 1. The molecule has 94 valence electrons. The van der Waals surface area contributed by atoms with Crippen LogP contribution in [0, 0.1) is 5.41 Å². The lowest BCUT2D eigenvalue weighted by atomic mass is 9.76.